The summed E-state index contributed by atoms with van der Waals surface area (Å²) < 4.78 is 0. The maximum absolute atomic E-state index is 3.56. The summed E-state index contributed by atoms with van der Waals surface area (Å²) >= 11 is 0. The molecular weight excluding hydrogens is 232 g/mol. The third-order valence-corrected chi connectivity index (χ3v) is 4.72. The molecule has 1 aliphatic heterocycles. The van der Waals surface area contributed by atoms with Crippen molar-refractivity contribution in [3.05, 3.63) is 23.8 Å². The molecule has 0 atom stereocenters. The van der Waals surface area contributed by atoms with Crippen LogP contribution >= 0.6 is 0 Å². The van der Waals surface area contributed by atoms with E-state index in [1.807, 2.05) is 0 Å². The van der Waals surface area contributed by atoms with Crippen molar-refractivity contribution in [3.63, 3.8) is 0 Å². The molecule has 3 rings (SSSR count). The number of rotatable bonds is 3. The Balaban J connectivity index is 1.82. The van der Waals surface area contributed by atoms with E-state index in [0.29, 0.717) is 0 Å². The van der Waals surface area contributed by atoms with Gasteiger partial charge in [-0.1, -0.05) is 25.3 Å². The molecule has 1 N–H and O–H groups in total. The largest absolute Gasteiger partial charge is 0.385 e. The van der Waals surface area contributed by atoms with Crippen LogP contribution in [-0.2, 0) is 6.42 Å². The van der Waals surface area contributed by atoms with Crippen molar-refractivity contribution >= 4 is 11.4 Å². The van der Waals surface area contributed by atoms with Gasteiger partial charge in [0.05, 0.1) is 0 Å². The molecule has 0 aromatic heterocycles. The lowest BCUT2D eigenvalue weighted by molar-refractivity contribution is 0.418. The summed E-state index contributed by atoms with van der Waals surface area (Å²) in [4.78, 5) is 2.62. The highest BCUT2D eigenvalue weighted by Crippen LogP contribution is 2.31. The number of fused-ring (bicyclic) bond motifs is 1. The SMILES string of the molecule is CCN(c1ccc2c(c1)NCCC2)C1CCCCC1. The molecule has 0 unspecified atom stereocenters. The first-order valence-corrected chi connectivity index (χ1v) is 8.02. The molecule has 1 aromatic carbocycles. The van der Waals surface area contributed by atoms with E-state index in [1.165, 1.54) is 61.9 Å². The van der Waals surface area contributed by atoms with Crippen LogP contribution in [0.15, 0.2) is 18.2 Å². The highest BCUT2D eigenvalue weighted by molar-refractivity contribution is 5.63. The van der Waals surface area contributed by atoms with Crippen LogP contribution in [0.1, 0.15) is 51.0 Å². The van der Waals surface area contributed by atoms with E-state index in [9.17, 15) is 0 Å². The van der Waals surface area contributed by atoms with Crippen LogP contribution in [0.4, 0.5) is 11.4 Å². The lowest BCUT2D eigenvalue weighted by atomic mass is 9.93. The van der Waals surface area contributed by atoms with Crippen LogP contribution in [-0.4, -0.2) is 19.1 Å². The number of hydrogen-bond donors (Lipinski definition) is 1. The Morgan fingerprint density at radius 3 is 2.79 bits per heavy atom. The van der Waals surface area contributed by atoms with Crippen molar-refractivity contribution in [2.75, 3.05) is 23.3 Å². The van der Waals surface area contributed by atoms with Gasteiger partial charge in [-0.2, -0.15) is 0 Å². The normalized spacial score (nSPS) is 19.6. The van der Waals surface area contributed by atoms with Gasteiger partial charge in [0.15, 0.2) is 0 Å². The van der Waals surface area contributed by atoms with Crippen molar-refractivity contribution in [2.24, 2.45) is 0 Å². The average molecular weight is 258 g/mol. The number of benzene rings is 1. The summed E-state index contributed by atoms with van der Waals surface area (Å²) in [5.41, 5.74) is 4.29. The Hall–Kier alpha value is -1.18. The quantitative estimate of drug-likeness (QED) is 0.874. The van der Waals surface area contributed by atoms with Crippen LogP contribution in [0.5, 0.6) is 0 Å². The van der Waals surface area contributed by atoms with E-state index in [0.717, 1.165) is 19.1 Å². The number of anilines is 2. The smallest absolute Gasteiger partial charge is 0.0393 e. The van der Waals surface area contributed by atoms with Crippen molar-refractivity contribution in [1.29, 1.82) is 0 Å². The van der Waals surface area contributed by atoms with Gasteiger partial charge in [0.1, 0.15) is 0 Å². The van der Waals surface area contributed by atoms with E-state index in [1.54, 1.807) is 0 Å². The van der Waals surface area contributed by atoms with Crippen molar-refractivity contribution in [1.82, 2.24) is 0 Å². The maximum atomic E-state index is 3.56. The number of hydrogen-bond acceptors (Lipinski definition) is 2. The molecule has 0 spiro atoms. The zero-order valence-electron chi connectivity index (χ0n) is 12.1. The molecule has 1 saturated carbocycles. The number of nitrogens with zero attached hydrogens (tertiary/aromatic N) is 1. The molecule has 19 heavy (non-hydrogen) atoms. The molecule has 2 nitrogen and oxygen atoms in total. The van der Waals surface area contributed by atoms with Gasteiger partial charge in [0, 0.05) is 30.5 Å². The molecule has 1 aliphatic carbocycles. The van der Waals surface area contributed by atoms with Gasteiger partial charge in [0.2, 0.25) is 0 Å². The zero-order valence-corrected chi connectivity index (χ0v) is 12.1. The first kappa shape index (κ1) is 12.8. The lowest BCUT2D eigenvalue weighted by Crippen LogP contribution is -2.36. The first-order chi connectivity index (χ1) is 9.38. The van der Waals surface area contributed by atoms with E-state index >= 15 is 0 Å². The van der Waals surface area contributed by atoms with Gasteiger partial charge in [-0.25, -0.2) is 0 Å². The van der Waals surface area contributed by atoms with E-state index in [2.05, 4.69) is 35.3 Å². The van der Waals surface area contributed by atoms with Crippen molar-refractivity contribution in [3.8, 4) is 0 Å². The fraction of sp³-hybridized carbons (Fsp3) is 0.647. The standard InChI is InChI=1S/C17H26N2/c1-2-19(15-8-4-3-5-9-15)16-11-10-14-7-6-12-18-17(14)13-16/h10-11,13,15,18H,2-9,12H2,1H3. The van der Waals surface area contributed by atoms with Crippen LogP contribution in [0, 0.1) is 0 Å². The molecule has 104 valence electrons. The predicted octanol–water partition coefficient (Wildman–Crippen LogP) is 4.20. The Morgan fingerprint density at radius 1 is 1.16 bits per heavy atom. The summed E-state index contributed by atoms with van der Waals surface area (Å²) in [7, 11) is 0. The van der Waals surface area contributed by atoms with Gasteiger partial charge in [-0.05, 0) is 50.3 Å². The monoisotopic (exact) mass is 258 g/mol. The molecule has 1 aromatic rings. The molecule has 1 fully saturated rings. The Bertz CT molecular complexity index is 421. The van der Waals surface area contributed by atoms with Gasteiger partial charge in [-0.15, -0.1) is 0 Å². The molecule has 2 heteroatoms. The van der Waals surface area contributed by atoms with Crippen molar-refractivity contribution < 1.29 is 0 Å². The highest BCUT2D eigenvalue weighted by Gasteiger charge is 2.21. The average Bonchev–Trinajstić information content (AvgIpc) is 2.49. The second-order valence-corrected chi connectivity index (χ2v) is 5.95. The fourth-order valence-corrected chi connectivity index (χ4v) is 3.67. The fourth-order valence-electron chi connectivity index (χ4n) is 3.67. The summed E-state index contributed by atoms with van der Waals surface area (Å²) in [6.07, 6.45) is 9.50. The zero-order chi connectivity index (χ0) is 13.1. The predicted molar refractivity (Wildman–Crippen MR) is 83.1 cm³/mol. The Labute approximate surface area is 117 Å². The number of nitrogens with one attached hydrogen (secondary N) is 1. The van der Waals surface area contributed by atoms with Crippen LogP contribution in [0.25, 0.3) is 0 Å². The van der Waals surface area contributed by atoms with Gasteiger partial charge in [0.25, 0.3) is 0 Å². The third kappa shape index (κ3) is 2.72. The van der Waals surface area contributed by atoms with Crippen LogP contribution < -0.4 is 10.2 Å². The molecule has 0 radical (unpaired) electrons. The minimum absolute atomic E-state index is 0.764. The molecular formula is C17H26N2. The summed E-state index contributed by atoms with van der Waals surface area (Å²) in [6.45, 7) is 4.55. The highest BCUT2D eigenvalue weighted by atomic mass is 15.2. The molecule has 1 heterocycles. The topological polar surface area (TPSA) is 15.3 Å². The van der Waals surface area contributed by atoms with Gasteiger partial charge >= 0.3 is 0 Å². The summed E-state index contributed by atoms with van der Waals surface area (Å²) in [5.74, 6) is 0. The molecule has 0 amide bonds. The Kier molecular flexibility index (Phi) is 3.95. The summed E-state index contributed by atoms with van der Waals surface area (Å²) in [6, 6.07) is 7.82. The van der Waals surface area contributed by atoms with Gasteiger partial charge in [-0.3, -0.25) is 0 Å². The Morgan fingerprint density at radius 2 is 2.00 bits per heavy atom. The molecule has 2 aliphatic rings. The third-order valence-electron chi connectivity index (χ3n) is 4.72. The first-order valence-electron chi connectivity index (χ1n) is 8.02. The maximum Gasteiger partial charge on any atom is 0.0393 e. The molecule has 0 saturated heterocycles. The minimum Gasteiger partial charge on any atom is -0.385 e. The van der Waals surface area contributed by atoms with Crippen LogP contribution in [0.2, 0.25) is 0 Å². The van der Waals surface area contributed by atoms with Crippen molar-refractivity contribution in [2.45, 2.75) is 57.9 Å². The second kappa shape index (κ2) is 5.85. The number of aryl methyl sites for hydroxylation is 1. The minimum atomic E-state index is 0.764. The van der Waals surface area contributed by atoms with E-state index in [-0.39, 0.29) is 0 Å². The van der Waals surface area contributed by atoms with E-state index < -0.39 is 0 Å². The lowest BCUT2D eigenvalue weighted by Gasteiger charge is -2.36. The second-order valence-electron chi connectivity index (χ2n) is 5.95. The van der Waals surface area contributed by atoms with E-state index in [4.69, 9.17) is 0 Å². The summed E-state index contributed by atoms with van der Waals surface area (Å²) in [5, 5.41) is 3.56. The molecule has 0 bridgehead atoms. The van der Waals surface area contributed by atoms with Crippen LogP contribution in [0.3, 0.4) is 0 Å². The van der Waals surface area contributed by atoms with Gasteiger partial charge < -0.3 is 10.2 Å².